The number of ether oxygens (including phenoxy) is 1. The molecule has 0 bridgehead atoms. The quantitative estimate of drug-likeness (QED) is 0.278. The van der Waals surface area contributed by atoms with Gasteiger partial charge in [-0.15, -0.1) is 0 Å². The van der Waals surface area contributed by atoms with E-state index in [1.807, 2.05) is 19.1 Å². The Kier molecular flexibility index (Phi) is 7.94. The monoisotopic (exact) mass is 551 g/mol. The first-order valence-electron chi connectivity index (χ1n) is 12.8. The molecule has 1 amide bonds. The van der Waals surface area contributed by atoms with Gasteiger partial charge in [-0.1, -0.05) is 29.8 Å². The Balaban J connectivity index is 1.48. The van der Waals surface area contributed by atoms with E-state index in [9.17, 15) is 17.6 Å². The molecule has 2 aromatic carbocycles. The number of amides is 1. The SMILES string of the molecule is Cc1ccc(C(=O)N(Cc2ccco2)Cc2cnc(S(=O)(=O)Cc3ccc(F)cc3)n2C[C@H]2CCCO2)cc1. The fourth-order valence-corrected chi connectivity index (χ4v) is 6.18. The van der Waals surface area contributed by atoms with Crippen molar-refractivity contribution >= 4 is 15.7 Å². The third kappa shape index (κ3) is 6.46. The molecule has 2 aromatic heterocycles. The number of aryl methyl sites for hydroxylation is 1. The third-order valence-corrected chi connectivity index (χ3v) is 8.32. The zero-order valence-electron chi connectivity index (χ0n) is 21.6. The number of imidazole rings is 1. The highest BCUT2D eigenvalue weighted by Gasteiger charge is 2.29. The first-order valence-corrected chi connectivity index (χ1v) is 14.5. The molecule has 1 fully saturated rings. The lowest BCUT2D eigenvalue weighted by molar-refractivity contribution is 0.0706. The van der Waals surface area contributed by atoms with Crippen LogP contribution in [0.1, 0.15) is 45.8 Å². The van der Waals surface area contributed by atoms with Gasteiger partial charge in [-0.05, 0) is 61.7 Å². The molecule has 39 heavy (non-hydrogen) atoms. The van der Waals surface area contributed by atoms with Gasteiger partial charge in [0.25, 0.3) is 5.91 Å². The van der Waals surface area contributed by atoms with Crippen LogP contribution in [0.3, 0.4) is 0 Å². The van der Waals surface area contributed by atoms with Crippen LogP contribution in [0.25, 0.3) is 0 Å². The molecule has 4 aromatic rings. The van der Waals surface area contributed by atoms with Crippen LogP contribution >= 0.6 is 0 Å². The van der Waals surface area contributed by atoms with Crippen molar-refractivity contribution < 1.29 is 26.8 Å². The summed E-state index contributed by atoms with van der Waals surface area (Å²) in [5, 5.41) is -0.0990. The number of sulfone groups is 1. The molecule has 0 unspecified atom stereocenters. The summed E-state index contributed by atoms with van der Waals surface area (Å²) >= 11 is 0. The zero-order valence-corrected chi connectivity index (χ0v) is 22.4. The molecule has 10 heteroatoms. The standard InChI is InChI=1S/C29H30FN3O5S/c1-21-6-10-23(11-7-21)28(34)32(18-26-4-2-14-37-26)17-25-16-31-29(33(25)19-27-5-3-15-38-27)39(35,36)20-22-8-12-24(30)13-9-22/h2,4,6-14,16,27H,3,5,15,17-20H2,1H3/t27-/m1/s1. The van der Waals surface area contributed by atoms with Gasteiger partial charge in [-0.25, -0.2) is 17.8 Å². The van der Waals surface area contributed by atoms with Crippen molar-refractivity contribution in [1.29, 1.82) is 0 Å². The highest BCUT2D eigenvalue weighted by atomic mass is 32.2. The van der Waals surface area contributed by atoms with Crippen molar-refractivity contribution in [3.63, 3.8) is 0 Å². The van der Waals surface area contributed by atoms with E-state index < -0.39 is 15.7 Å². The van der Waals surface area contributed by atoms with Crippen molar-refractivity contribution in [1.82, 2.24) is 14.5 Å². The fourth-order valence-electron chi connectivity index (χ4n) is 4.68. The summed E-state index contributed by atoms with van der Waals surface area (Å²) in [5.74, 6) is -0.377. The Bertz CT molecular complexity index is 1510. The number of benzene rings is 2. The van der Waals surface area contributed by atoms with E-state index in [2.05, 4.69) is 4.98 Å². The van der Waals surface area contributed by atoms with Crippen LogP contribution in [0, 0.1) is 12.7 Å². The normalized spacial score (nSPS) is 15.5. The van der Waals surface area contributed by atoms with E-state index in [4.69, 9.17) is 9.15 Å². The molecule has 0 spiro atoms. The number of nitrogens with zero attached hydrogens (tertiary/aromatic N) is 3. The van der Waals surface area contributed by atoms with Crippen molar-refractivity contribution in [2.75, 3.05) is 6.61 Å². The molecule has 0 N–H and O–H groups in total. The molecule has 8 nitrogen and oxygen atoms in total. The summed E-state index contributed by atoms with van der Waals surface area (Å²) in [4.78, 5) is 19.5. The molecular formula is C29H30FN3O5S. The molecule has 204 valence electrons. The van der Waals surface area contributed by atoms with E-state index in [1.54, 1.807) is 40.0 Å². The third-order valence-electron chi connectivity index (χ3n) is 6.73. The predicted octanol–water partition coefficient (Wildman–Crippen LogP) is 4.92. The Morgan fingerprint density at radius 2 is 1.87 bits per heavy atom. The van der Waals surface area contributed by atoms with Gasteiger partial charge in [0.15, 0.2) is 0 Å². The summed E-state index contributed by atoms with van der Waals surface area (Å²) in [6.45, 7) is 3.16. The van der Waals surface area contributed by atoms with E-state index in [-0.39, 0.29) is 36.0 Å². The number of hydrogen-bond donors (Lipinski definition) is 0. The molecule has 1 aliphatic heterocycles. The minimum absolute atomic E-state index is 0.0990. The molecule has 1 saturated heterocycles. The van der Waals surface area contributed by atoms with Crippen LogP contribution in [0.4, 0.5) is 4.39 Å². The van der Waals surface area contributed by atoms with Crippen LogP contribution in [-0.2, 0) is 40.0 Å². The second-order valence-corrected chi connectivity index (χ2v) is 11.7. The van der Waals surface area contributed by atoms with Crippen molar-refractivity contribution in [2.45, 2.75) is 56.4 Å². The minimum atomic E-state index is -3.89. The van der Waals surface area contributed by atoms with Crippen LogP contribution in [0.2, 0.25) is 0 Å². The second kappa shape index (κ2) is 11.5. The van der Waals surface area contributed by atoms with Crippen molar-refractivity contribution in [2.24, 2.45) is 0 Å². The van der Waals surface area contributed by atoms with E-state index in [1.165, 1.54) is 30.5 Å². The Hall–Kier alpha value is -3.76. The highest BCUT2D eigenvalue weighted by Crippen LogP contribution is 2.24. The summed E-state index contributed by atoms with van der Waals surface area (Å²) in [5.41, 5.74) is 2.57. The summed E-state index contributed by atoms with van der Waals surface area (Å²) < 4.78 is 53.4. The maximum atomic E-state index is 13.6. The average molecular weight is 552 g/mol. The number of furan rings is 1. The maximum Gasteiger partial charge on any atom is 0.254 e. The summed E-state index contributed by atoms with van der Waals surface area (Å²) in [6, 6.07) is 16.2. The topological polar surface area (TPSA) is 94.6 Å². The minimum Gasteiger partial charge on any atom is -0.467 e. The first-order chi connectivity index (χ1) is 18.8. The Morgan fingerprint density at radius 3 is 2.54 bits per heavy atom. The molecular weight excluding hydrogens is 521 g/mol. The summed E-state index contributed by atoms with van der Waals surface area (Å²) in [7, 11) is -3.89. The zero-order chi connectivity index (χ0) is 27.4. The number of hydrogen-bond acceptors (Lipinski definition) is 6. The lowest BCUT2D eigenvalue weighted by Gasteiger charge is -2.24. The van der Waals surface area contributed by atoms with Gasteiger partial charge in [0.2, 0.25) is 15.0 Å². The van der Waals surface area contributed by atoms with Gasteiger partial charge >= 0.3 is 0 Å². The lowest BCUT2D eigenvalue weighted by Crippen LogP contribution is -2.32. The van der Waals surface area contributed by atoms with Gasteiger partial charge in [0.1, 0.15) is 11.6 Å². The molecule has 0 radical (unpaired) electrons. The van der Waals surface area contributed by atoms with Gasteiger partial charge in [-0.3, -0.25) is 4.79 Å². The van der Waals surface area contributed by atoms with Crippen molar-refractivity contribution in [3.05, 3.63) is 107 Å². The number of rotatable bonds is 10. The average Bonchev–Trinajstić information content (AvgIpc) is 3.69. The molecule has 1 aliphatic rings. The van der Waals surface area contributed by atoms with Crippen LogP contribution in [0.5, 0.6) is 0 Å². The van der Waals surface area contributed by atoms with Crippen molar-refractivity contribution in [3.8, 4) is 0 Å². The number of aromatic nitrogens is 2. The molecule has 0 saturated carbocycles. The van der Waals surface area contributed by atoms with Crippen LogP contribution in [0.15, 0.2) is 82.7 Å². The maximum absolute atomic E-state index is 13.6. The Morgan fingerprint density at radius 1 is 1.10 bits per heavy atom. The van der Waals surface area contributed by atoms with Gasteiger partial charge in [0, 0.05) is 12.2 Å². The van der Waals surface area contributed by atoms with Gasteiger partial charge in [-0.2, -0.15) is 0 Å². The smallest absolute Gasteiger partial charge is 0.254 e. The van der Waals surface area contributed by atoms with Crippen LogP contribution in [-0.4, -0.2) is 41.5 Å². The molecule has 5 rings (SSSR count). The molecule has 0 aliphatic carbocycles. The highest BCUT2D eigenvalue weighted by molar-refractivity contribution is 7.90. The molecule has 3 heterocycles. The fraction of sp³-hybridized carbons (Fsp3) is 0.310. The van der Waals surface area contributed by atoms with E-state index >= 15 is 0 Å². The molecule has 1 atom stereocenters. The number of carbonyl (C=O) groups excluding carboxylic acids is 1. The second-order valence-electron chi connectivity index (χ2n) is 9.77. The first kappa shape index (κ1) is 26.8. The van der Waals surface area contributed by atoms with E-state index in [0.29, 0.717) is 35.7 Å². The van der Waals surface area contributed by atoms with Gasteiger partial charge < -0.3 is 18.6 Å². The van der Waals surface area contributed by atoms with Gasteiger partial charge in [0.05, 0.1) is 49.6 Å². The lowest BCUT2D eigenvalue weighted by atomic mass is 10.1. The Labute approximate surface area is 227 Å². The number of halogens is 1. The number of carbonyl (C=O) groups is 1. The predicted molar refractivity (Wildman–Crippen MR) is 142 cm³/mol. The largest absolute Gasteiger partial charge is 0.467 e. The van der Waals surface area contributed by atoms with E-state index in [0.717, 1.165) is 18.4 Å². The summed E-state index contributed by atoms with van der Waals surface area (Å²) in [6.07, 6.45) is 4.58. The van der Waals surface area contributed by atoms with Crippen LogP contribution < -0.4 is 0 Å².